The van der Waals surface area contributed by atoms with Crippen molar-refractivity contribution in [1.82, 2.24) is 14.2 Å². The number of benzene rings is 1. The normalized spacial score (nSPS) is 15.3. The molecular formula is C19H23N3O5S. The lowest BCUT2D eigenvalue weighted by Gasteiger charge is -2.34. The van der Waals surface area contributed by atoms with Crippen LogP contribution in [-0.4, -0.2) is 68.9 Å². The quantitative estimate of drug-likeness (QED) is 0.750. The van der Waals surface area contributed by atoms with E-state index < -0.39 is 10.0 Å². The van der Waals surface area contributed by atoms with Crippen LogP contribution in [0.3, 0.4) is 0 Å². The Morgan fingerprint density at radius 1 is 1.00 bits per heavy atom. The number of sulfonamides is 1. The molecule has 0 spiro atoms. The van der Waals surface area contributed by atoms with Gasteiger partial charge in [-0.2, -0.15) is 4.31 Å². The van der Waals surface area contributed by atoms with Crippen LogP contribution in [-0.2, 0) is 10.0 Å². The lowest BCUT2D eigenvalue weighted by atomic mass is 10.2. The number of piperazine rings is 1. The van der Waals surface area contributed by atoms with Crippen molar-refractivity contribution in [2.24, 2.45) is 0 Å². The third-order valence-electron chi connectivity index (χ3n) is 4.68. The molecule has 0 bridgehead atoms. The Hall–Kier alpha value is -2.65. The van der Waals surface area contributed by atoms with E-state index in [1.54, 1.807) is 29.3 Å². The topological polar surface area (TPSA) is 89.0 Å². The molecule has 2 heterocycles. The first-order chi connectivity index (χ1) is 13.4. The minimum atomic E-state index is -3.69. The summed E-state index contributed by atoms with van der Waals surface area (Å²) in [7, 11) is -0.743. The van der Waals surface area contributed by atoms with Gasteiger partial charge in [0.15, 0.2) is 11.5 Å². The lowest BCUT2D eigenvalue weighted by molar-refractivity contribution is 0.0697. The summed E-state index contributed by atoms with van der Waals surface area (Å²) in [5.74, 6) is 0.670. The van der Waals surface area contributed by atoms with Crippen molar-refractivity contribution >= 4 is 15.9 Å². The van der Waals surface area contributed by atoms with Crippen molar-refractivity contribution in [2.75, 3.05) is 40.4 Å². The zero-order valence-corrected chi connectivity index (χ0v) is 16.9. The molecule has 0 radical (unpaired) electrons. The lowest BCUT2D eigenvalue weighted by Crippen LogP contribution is -2.50. The third-order valence-corrected chi connectivity index (χ3v) is 6.57. The largest absolute Gasteiger partial charge is 0.493 e. The van der Waals surface area contributed by atoms with Crippen molar-refractivity contribution in [1.29, 1.82) is 0 Å². The van der Waals surface area contributed by atoms with Crippen molar-refractivity contribution < 1.29 is 22.7 Å². The molecule has 2 aromatic rings. The minimum Gasteiger partial charge on any atom is -0.493 e. The van der Waals surface area contributed by atoms with E-state index in [0.29, 0.717) is 30.2 Å². The predicted molar refractivity (Wildman–Crippen MR) is 103 cm³/mol. The highest BCUT2D eigenvalue weighted by atomic mass is 32.2. The van der Waals surface area contributed by atoms with E-state index in [1.807, 2.05) is 6.92 Å². The van der Waals surface area contributed by atoms with Gasteiger partial charge in [-0.25, -0.2) is 8.42 Å². The number of ether oxygens (including phenoxy) is 2. The summed E-state index contributed by atoms with van der Waals surface area (Å²) < 4.78 is 37.6. The van der Waals surface area contributed by atoms with Gasteiger partial charge >= 0.3 is 0 Å². The number of pyridine rings is 1. The molecule has 9 heteroatoms. The van der Waals surface area contributed by atoms with Crippen LogP contribution < -0.4 is 9.47 Å². The first kappa shape index (κ1) is 20.1. The van der Waals surface area contributed by atoms with Gasteiger partial charge in [0.05, 0.1) is 24.7 Å². The highest BCUT2D eigenvalue weighted by Crippen LogP contribution is 2.31. The monoisotopic (exact) mass is 405 g/mol. The summed E-state index contributed by atoms with van der Waals surface area (Å²) in [4.78, 5) is 18.5. The summed E-state index contributed by atoms with van der Waals surface area (Å²) >= 11 is 0. The Morgan fingerprint density at radius 3 is 2.25 bits per heavy atom. The van der Waals surface area contributed by atoms with Gasteiger partial charge in [-0.3, -0.25) is 9.78 Å². The van der Waals surface area contributed by atoms with Gasteiger partial charge in [0.2, 0.25) is 10.0 Å². The molecule has 1 saturated heterocycles. The number of aryl methyl sites for hydroxylation is 1. The fraction of sp³-hybridized carbons (Fsp3) is 0.368. The second kappa shape index (κ2) is 8.15. The fourth-order valence-corrected chi connectivity index (χ4v) is 4.47. The third kappa shape index (κ3) is 3.95. The van der Waals surface area contributed by atoms with Gasteiger partial charge in [0, 0.05) is 44.1 Å². The van der Waals surface area contributed by atoms with Crippen molar-refractivity contribution in [3.8, 4) is 11.5 Å². The van der Waals surface area contributed by atoms with E-state index in [-0.39, 0.29) is 23.9 Å². The highest BCUT2D eigenvalue weighted by Gasteiger charge is 2.31. The van der Waals surface area contributed by atoms with E-state index in [4.69, 9.17) is 9.47 Å². The Balaban J connectivity index is 1.71. The Bertz CT molecular complexity index is 952. The molecule has 1 aliphatic heterocycles. The van der Waals surface area contributed by atoms with E-state index in [9.17, 15) is 13.2 Å². The molecule has 0 saturated carbocycles. The zero-order valence-electron chi connectivity index (χ0n) is 16.1. The smallest absolute Gasteiger partial charge is 0.255 e. The molecule has 0 aliphatic carbocycles. The predicted octanol–water partition coefficient (Wildman–Crippen LogP) is 1.55. The van der Waals surface area contributed by atoms with Crippen LogP contribution in [0.5, 0.6) is 11.5 Å². The number of hydrogen-bond acceptors (Lipinski definition) is 6. The van der Waals surface area contributed by atoms with Gasteiger partial charge in [0.25, 0.3) is 5.91 Å². The molecule has 1 amide bonds. The van der Waals surface area contributed by atoms with E-state index >= 15 is 0 Å². The molecule has 1 aromatic carbocycles. The second-order valence-electron chi connectivity index (χ2n) is 6.40. The van der Waals surface area contributed by atoms with Crippen LogP contribution in [0.2, 0.25) is 0 Å². The maximum atomic E-state index is 13.0. The Morgan fingerprint density at radius 2 is 1.68 bits per heavy atom. The van der Waals surface area contributed by atoms with E-state index in [0.717, 1.165) is 5.69 Å². The van der Waals surface area contributed by atoms with E-state index in [2.05, 4.69) is 4.98 Å². The highest BCUT2D eigenvalue weighted by molar-refractivity contribution is 7.89. The fourth-order valence-electron chi connectivity index (χ4n) is 3.03. The van der Waals surface area contributed by atoms with Gasteiger partial charge in [0.1, 0.15) is 0 Å². The number of rotatable bonds is 5. The molecule has 0 N–H and O–H groups in total. The molecule has 1 fully saturated rings. The van der Waals surface area contributed by atoms with Gasteiger partial charge in [-0.15, -0.1) is 0 Å². The summed E-state index contributed by atoms with van der Waals surface area (Å²) in [6, 6.07) is 8.02. The van der Waals surface area contributed by atoms with Crippen LogP contribution in [0, 0.1) is 6.92 Å². The Labute approximate surface area is 164 Å². The minimum absolute atomic E-state index is 0.132. The molecule has 150 valence electrons. The Kier molecular flexibility index (Phi) is 5.85. The maximum Gasteiger partial charge on any atom is 0.255 e. The first-order valence-corrected chi connectivity index (χ1v) is 10.2. The van der Waals surface area contributed by atoms with Gasteiger partial charge < -0.3 is 14.4 Å². The maximum absolute atomic E-state index is 13.0. The summed E-state index contributed by atoms with van der Waals surface area (Å²) in [6.07, 6.45) is 1.55. The van der Waals surface area contributed by atoms with Crippen LogP contribution >= 0.6 is 0 Å². The first-order valence-electron chi connectivity index (χ1n) is 8.81. The summed E-state index contributed by atoms with van der Waals surface area (Å²) in [6.45, 7) is 2.94. The average Bonchev–Trinajstić information content (AvgIpc) is 2.73. The van der Waals surface area contributed by atoms with Crippen LogP contribution in [0.15, 0.2) is 41.4 Å². The van der Waals surface area contributed by atoms with Crippen molar-refractivity contribution in [2.45, 2.75) is 11.8 Å². The molecule has 1 aliphatic rings. The second-order valence-corrected chi connectivity index (χ2v) is 8.34. The molecule has 3 rings (SSSR count). The number of aromatic nitrogens is 1. The number of amides is 1. The summed E-state index contributed by atoms with van der Waals surface area (Å²) in [5.41, 5.74) is 1.34. The number of carbonyl (C=O) groups excluding carboxylic acids is 1. The average molecular weight is 405 g/mol. The molecule has 0 unspecified atom stereocenters. The number of methoxy groups -OCH3 is 2. The molecular weight excluding hydrogens is 382 g/mol. The SMILES string of the molecule is COc1ccc(S(=O)(=O)N2CCN(C(=O)c3ccc(C)nc3)CC2)cc1OC. The van der Waals surface area contributed by atoms with Crippen LogP contribution in [0.4, 0.5) is 0 Å². The molecule has 8 nitrogen and oxygen atoms in total. The molecule has 0 atom stereocenters. The number of nitrogens with zero attached hydrogens (tertiary/aromatic N) is 3. The molecule has 1 aromatic heterocycles. The zero-order chi connectivity index (χ0) is 20.3. The number of hydrogen-bond donors (Lipinski definition) is 0. The summed E-state index contributed by atoms with van der Waals surface area (Å²) in [5, 5.41) is 0. The van der Waals surface area contributed by atoms with Crippen molar-refractivity contribution in [3.63, 3.8) is 0 Å². The standard InChI is InChI=1S/C19H23N3O5S/c1-14-4-5-15(13-20-14)19(23)21-8-10-22(11-9-21)28(24,25)16-6-7-17(26-2)18(12-16)27-3/h4-7,12-13H,8-11H2,1-3H3. The van der Waals surface area contributed by atoms with Crippen LogP contribution in [0.25, 0.3) is 0 Å². The van der Waals surface area contributed by atoms with E-state index in [1.165, 1.54) is 30.7 Å². The van der Waals surface area contributed by atoms with Gasteiger partial charge in [-0.05, 0) is 31.2 Å². The number of carbonyl (C=O) groups is 1. The van der Waals surface area contributed by atoms with Crippen LogP contribution in [0.1, 0.15) is 16.1 Å². The molecule has 28 heavy (non-hydrogen) atoms. The van der Waals surface area contributed by atoms with Gasteiger partial charge in [-0.1, -0.05) is 0 Å². The van der Waals surface area contributed by atoms with Crippen molar-refractivity contribution in [3.05, 3.63) is 47.8 Å².